The maximum absolute atomic E-state index is 12.4. The van der Waals surface area contributed by atoms with Gasteiger partial charge in [-0.15, -0.1) is 0 Å². The highest BCUT2D eigenvalue weighted by atomic mass is 16.2. The molecule has 2 amide bonds. The molecule has 2 atom stereocenters. The molecule has 0 aromatic heterocycles. The fraction of sp³-hybridized carbons (Fsp3) is 0.929. The topological polar surface area (TPSA) is 44.4 Å². The fourth-order valence-corrected chi connectivity index (χ4v) is 3.83. The molecule has 0 radical (unpaired) electrons. The number of carbonyl (C=O) groups is 1. The van der Waals surface area contributed by atoms with Crippen molar-refractivity contribution in [2.75, 3.05) is 13.1 Å². The Hall–Kier alpha value is -0.770. The summed E-state index contributed by atoms with van der Waals surface area (Å²) in [4.78, 5) is 14.5. The van der Waals surface area contributed by atoms with Crippen LogP contribution in [-0.2, 0) is 0 Å². The average Bonchev–Trinajstić information content (AvgIpc) is 3.11. The summed E-state index contributed by atoms with van der Waals surface area (Å²) in [5, 5.41) is 6.79. The molecule has 3 aliphatic rings. The number of carbonyl (C=O) groups excluding carboxylic acids is 1. The predicted molar refractivity (Wildman–Crippen MR) is 71.5 cm³/mol. The fourth-order valence-electron chi connectivity index (χ4n) is 3.83. The molecular formula is C14H25N3O. The third-order valence-electron chi connectivity index (χ3n) is 4.81. The van der Waals surface area contributed by atoms with Crippen LogP contribution in [0.1, 0.15) is 51.4 Å². The molecule has 0 aromatic rings. The molecule has 1 aliphatic carbocycles. The van der Waals surface area contributed by atoms with Crippen molar-refractivity contribution in [3.63, 3.8) is 0 Å². The van der Waals surface area contributed by atoms with Crippen molar-refractivity contribution in [2.24, 2.45) is 0 Å². The first kappa shape index (κ1) is 12.3. The summed E-state index contributed by atoms with van der Waals surface area (Å²) < 4.78 is 0. The van der Waals surface area contributed by atoms with Gasteiger partial charge >= 0.3 is 6.03 Å². The molecule has 2 saturated heterocycles. The van der Waals surface area contributed by atoms with E-state index in [1.807, 2.05) is 0 Å². The minimum absolute atomic E-state index is 0.193. The highest BCUT2D eigenvalue weighted by Crippen LogP contribution is 2.25. The van der Waals surface area contributed by atoms with Crippen molar-refractivity contribution in [1.29, 1.82) is 0 Å². The standard InChI is InChI=1S/C14H25N3O/c18-14(16-11-5-1-2-6-11)17-10-4-8-13(17)12-7-3-9-15-12/h11-13,15H,1-10H2,(H,16,18). The van der Waals surface area contributed by atoms with Crippen LogP contribution in [0.2, 0.25) is 0 Å². The summed E-state index contributed by atoms with van der Waals surface area (Å²) in [6.45, 7) is 2.07. The number of hydrogen-bond acceptors (Lipinski definition) is 2. The van der Waals surface area contributed by atoms with Gasteiger partial charge in [-0.3, -0.25) is 0 Å². The van der Waals surface area contributed by atoms with Crippen molar-refractivity contribution >= 4 is 6.03 Å². The lowest BCUT2D eigenvalue weighted by atomic mass is 10.0. The number of hydrogen-bond donors (Lipinski definition) is 2. The quantitative estimate of drug-likeness (QED) is 0.787. The summed E-state index contributed by atoms with van der Waals surface area (Å²) in [6, 6.07) is 1.61. The minimum atomic E-state index is 0.193. The van der Waals surface area contributed by atoms with Crippen LogP contribution in [0.4, 0.5) is 4.79 Å². The Bertz CT molecular complexity index is 295. The van der Waals surface area contributed by atoms with Gasteiger partial charge in [0.2, 0.25) is 0 Å². The summed E-state index contributed by atoms with van der Waals surface area (Å²) in [7, 11) is 0. The highest BCUT2D eigenvalue weighted by molar-refractivity contribution is 5.75. The van der Waals surface area contributed by atoms with Crippen LogP contribution < -0.4 is 10.6 Å². The largest absolute Gasteiger partial charge is 0.335 e. The summed E-state index contributed by atoms with van der Waals surface area (Å²) >= 11 is 0. The van der Waals surface area contributed by atoms with E-state index in [1.54, 1.807) is 0 Å². The first-order valence-corrected chi connectivity index (χ1v) is 7.65. The second-order valence-corrected chi connectivity index (χ2v) is 6.04. The molecule has 102 valence electrons. The maximum Gasteiger partial charge on any atom is 0.317 e. The van der Waals surface area contributed by atoms with Crippen LogP contribution in [0.15, 0.2) is 0 Å². The molecule has 2 aliphatic heterocycles. The zero-order valence-electron chi connectivity index (χ0n) is 11.2. The van der Waals surface area contributed by atoms with Crippen LogP contribution in [0.25, 0.3) is 0 Å². The van der Waals surface area contributed by atoms with Crippen molar-refractivity contribution in [1.82, 2.24) is 15.5 Å². The van der Waals surface area contributed by atoms with Gasteiger partial charge in [0, 0.05) is 24.7 Å². The predicted octanol–water partition coefficient (Wildman–Crippen LogP) is 1.85. The molecule has 4 heteroatoms. The van der Waals surface area contributed by atoms with Crippen molar-refractivity contribution in [2.45, 2.75) is 69.5 Å². The number of nitrogens with one attached hydrogen (secondary N) is 2. The number of urea groups is 1. The van der Waals surface area contributed by atoms with Gasteiger partial charge in [-0.1, -0.05) is 12.8 Å². The van der Waals surface area contributed by atoms with Crippen molar-refractivity contribution in [3.8, 4) is 0 Å². The van der Waals surface area contributed by atoms with Crippen LogP contribution >= 0.6 is 0 Å². The lowest BCUT2D eigenvalue weighted by Crippen LogP contribution is -2.51. The molecule has 18 heavy (non-hydrogen) atoms. The van der Waals surface area contributed by atoms with E-state index < -0.39 is 0 Å². The Labute approximate surface area is 109 Å². The van der Waals surface area contributed by atoms with E-state index in [-0.39, 0.29) is 6.03 Å². The number of nitrogens with zero attached hydrogens (tertiary/aromatic N) is 1. The third kappa shape index (κ3) is 2.48. The van der Waals surface area contributed by atoms with Crippen LogP contribution in [0.3, 0.4) is 0 Å². The first-order valence-electron chi connectivity index (χ1n) is 7.65. The molecule has 3 fully saturated rings. The van der Waals surface area contributed by atoms with Gasteiger partial charge in [0.1, 0.15) is 0 Å². The second kappa shape index (κ2) is 5.47. The minimum Gasteiger partial charge on any atom is -0.335 e. The number of amides is 2. The van der Waals surface area contributed by atoms with Crippen LogP contribution in [0, 0.1) is 0 Å². The molecule has 2 heterocycles. The Morgan fingerprint density at radius 2 is 1.89 bits per heavy atom. The molecule has 2 unspecified atom stereocenters. The summed E-state index contributed by atoms with van der Waals surface area (Å²) in [6.07, 6.45) is 9.74. The Balaban J connectivity index is 1.57. The van der Waals surface area contributed by atoms with Gasteiger partial charge in [0.15, 0.2) is 0 Å². The number of likely N-dealkylation sites (tertiary alicyclic amines) is 1. The first-order chi connectivity index (χ1) is 8.84. The van der Waals surface area contributed by atoms with Gasteiger partial charge in [0.05, 0.1) is 0 Å². The molecule has 3 rings (SSSR count). The van der Waals surface area contributed by atoms with E-state index in [4.69, 9.17) is 0 Å². The Kier molecular flexibility index (Phi) is 3.73. The molecule has 2 N–H and O–H groups in total. The van der Waals surface area contributed by atoms with E-state index >= 15 is 0 Å². The normalized spacial score (nSPS) is 33.2. The van der Waals surface area contributed by atoms with Crippen LogP contribution in [0.5, 0.6) is 0 Å². The van der Waals surface area contributed by atoms with Gasteiger partial charge < -0.3 is 15.5 Å². The number of rotatable bonds is 2. The van der Waals surface area contributed by atoms with E-state index in [1.165, 1.54) is 51.4 Å². The van der Waals surface area contributed by atoms with Gasteiger partial charge in [0.25, 0.3) is 0 Å². The maximum atomic E-state index is 12.4. The molecule has 1 saturated carbocycles. The van der Waals surface area contributed by atoms with Crippen molar-refractivity contribution < 1.29 is 4.79 Å². The summed E-state index contributed by atoms with van der Waals surface area (Å²) in [5.41, 5.74) is 0. The highest BCUT2D eigenvalue weighted by Gasteiger charge is 2.36. The van der Waals surface area contributed by atoms with Crippen molar-refractivity contribution in [3.05, 3.63) is 0 Å². The van der Waals surface area contributed by atoms with E-state index in [2.05, 4.69) is 15.5 Å². The van der Waals surface area contributed by atoms with E-state index in [0.29, 0.717) is 18.1 Å². The smallest absolute Gasteiger partial charge is 0.317 e. The molecule has 0 aromatic carbocycles. The zero-order chi connectivity index (χ0) is 12.4. The van der Waals surface area contributed by atoms with Gasteiger partial charge in [-0.25, -0.2) is 4.79 Å². The molecule has 4 nitrogen and oxygen atoms in total. The SMILES string of the molecule is O=C(NC1CCCC1)N1CCCC1C1CCCN1. The Morgan fingerprint density at radius 3 is 2.61 bits per heavy atom. The second-order valence-electron chi connectivity index (χ2n) is 6.04. The van der Waals surface area contributed by atoms with E-state index in [0.717, 1.165) is 13.1 Å². The molecular weight excluding hydrogens is 226 g/mol. The van der Waals surface area contributed by atoms with Crippen LogP contribution in [-0.4, -0.2) is 42.1 Å². The monoisotopic (exact) mass is 251 g/mol. The lowest BCUT2D eigenvalue weighted by Gasteiger charge is -2.30. The summed E-state index contributed by atoms with van der Waals surface area (Å²) in [5.74, 6) is 0. The van der Waals surface area contributed by atoms with Gasteiger partial charge in [-0.2, -0.15) is 0 Å². The zero-order valence-corrected chi connectivity index (χ0v) is 11.2. The molecule has 0 bridgehead atoms. The third-order valence-corrected chi connectivity index (χ3v) is 4.81. The lowest BCUT2D eigenvalue weighted by molar-refractivity contribution is 0.178. The average molecular weight is 251 g/mol. The van der Waals surface area contributed by atoms with Gasteiger partial charge in [-0.05, 0) is 45.1 Å². The van der Waals surface area contributed by atoms with E-state index in [9.17, 15) is 4.79 Å². The molecule has 0 spiro atoms. The Morgan fingerprint density at radius 1 is 1.06 bits per heavy atom.